The van der Waals surface area contributed by atoms with Crippen LogP contribution in [0.5, 0.6) is 0 Å². The summed E-state index contributed by atoms with van der Waals surface area (Å²) in [5.41, 5.74) is 6.72. The summed E-state index contributed by atoms with van der Waals surface area (Å²) in [7, 11) is 0. The lowest BCUT2D eigenvalue weighted by atomic mass is 10.3. The molecule has 1 aromatic carbocycles. The maximum absolute atomic E-state index is 13.4. The maximum Gasteiger partial charge on any atom is 0.148 e. The van der Waals surface area contributed by atoms with Crippen molar-refractivity contribution in [2.75, 3.05) is 0 Å². The first-order valence-corrected chi connectivity index (χ1v) is 4.31. The van der Waals surface area contributed by atoms with Crippen LogP contribution >= 0.6 is 0 Å². The van der Waals surface area contributed by atoms with Gasteiger partial charge in [-0.05, 0) is 18.2 Å². The second-order valence-corrected chi connectivity index (χ2v) is 2.89. The third kappa shape index (κ3) is 1.40. The summed E-state index contributed by atoms with van der Waals surface area (Å²) in [4.78, 5) is 0. The number of hydrogen-bond acceptors (Lipinski definition) is 2. The fourth-order valence-electron chi connectivity index (χ4n) is 1.33. The Balaban J connectivity index is 2.54. The van der Waals surface area contributed by atoms with Crippen molar-refractivity contribution in [1.29, 1.82) is 0 Å². The van der Waals surface area contributed by atoms with Crippen molar-refractivity contribution in [3.8, 4) is 5.69 Å². The Morgan fingerprint density at radius 1 is 1.29 bits per heavy atom. The Hall–Kier alpha value is -1.68. The van der Waals surface area contributed by atoms with E-state index in [4.69, 9.17) is 5.73 Å². The van der Waals surface area contributed by atoms with Gasteiger partial charge < -0.3 is 5.73 Å². The van der Waals surface area contributed by atoms with Crippen LogP contribution in [0.25, 0.3) is 5.69 Å². The smallest absolute Gasteiger partial charge is 0.148 e. The van der Waals surface area contributed by atoms with Gasteiger partial charge in [-0.25, -0.2) is 9.07 Å². The number of para-hydroxylation sites is 1. The van der Waals surface area contributed by atoms with Crippen LogP contribution in [0, 0.1) is 5.82 Å². The van der Waals surface area contributed by atoms with Gasteiger partial charge in [0.15, 0.2) is 0 Å². The molecule has 0 spiro atoms. The molecule has 0 fully saturated rings. The Morgan fingerprint density at radius 2 is 2.07 bits per heavy atom. The Bertz CT molecular complexity index is 436. The molecule has 72 valence electrons. The van der Waals surface area contributed by atoms with Gasteiger partial charge in [0.1, 0.15) is 11.5 Å². The molecule has 0 aliphatic carbocycles. The van der Waals surface area contributed by atoms with Crippen LogP contribution in [0.1, 0.15) is 5.69 Å². The number of hydrogen-bond donors (Lipinski definition) is 1. The van der Waals surface area contributed by atoms with E-state index in [0.717, 1.165) is 5.69 Å². The van der Waals surface area contributed by atoms with Crippen molar-refractivity contribution in [3.63, 3.8) is 0 Å². The molecule has 3 nitrogen and oxygen atoms in total. The molecule has 0 amide bonds. The van der Waals surface area contributed by atoms with E-state index in [1.54, 1.807) is 30.5 Å². The van der Waals surface area contributed by atoms with Crippen molar-refractivity contribution < 1.29 is 4.39 Å². The van der Waals surface area contributed by atoms with Crippen LogP contribution < -0.4 is 5.73 Å². The van der Waals surface area contributed by atoms with Gasteiger partial charge in [0.05, 0.1) is 5.69 Å². The van der Waals surface area contributed by atoms with Gasteiger partial charge in [-0.1, -0.05) is 12.1 Å². The first kappa shape index (κ1) is 8.90. The van der Waals surface area contributed by atoms with E-state index in [2.05, 4.69) is 5.10 Å². The van der Waals surface area contributed by atoms with Crippen LogP contribution in [0.3, 0.4) is 0 Å². The quantitative estimate of drug-likeness (QED) is 0.781. The van der Waals surface area contributed by atoms with Gasteiger partial charge in [0, 0.05) is 12.7 Å². The minimum atomic E-state index is -0.300. The lowest BCUT2D eigenvalue weighted by molar-refractivity contribution is 0.606. The van der Waals surface area contributed by atoms with Crippen LogP contribution in [0.15, 0.2) is 36.5 Å². The molecule has 1 heterocycles. The van der Waals surface area contributed by atoms with Crippen molar-refractivity contribution >= 4 is 0 Å². The second-order valence-electron chi connectivity index (χ2n) is 2.89. The van der Waals surface area contributed by atoms with E-state index >= 15 is 0 Å². The zero-order valence-corrected chi connectivity index (χ0v) is 7.52. The topological polar surface area (TPSA) is 43.8 Å². The summed E-state index contributed by atoms with van der Waals surface area (Å²) in [6.45, 7) is 0.342. The first-order chi connectivity index (χ1) is 6.83. The van der Waals surface area contributed by atoms with Gasteiger partial charge in [0.25, 0.3) is 0 Å². The summed E-state index contributed by atoms with van der Waals surface area (Å²) in [6.07, 6.45) is 1.61. The second kappa shape index (κ2) is 3.59. The number of aromatic nitrogens is 2. The van der Waals surface area contributed by atoms with E-state index in [1.807, 2.05) is 0 Å². The van der Waals surface area contributed by atoms with Crippen molar-refractivity contribution in [3.05, 3.63) is 48.0 Å². The molecule has 2 rings (SSSR count). The third-order valence-electron chi connectivity index (χ3n) is 2.01. The Morgan fingerprint density at radius 3 is 2.79 bits per heavy atom. The Labute approximate surface area is 81.0 Å². The molecule has 0 bridgehead atoms. The summed E-state index contributed by atoms with van der Waals surface area (Å²) >= 11 is 0. The highest BCUT2D eigenvalue weighted by atomic mass is 19.1. The summed E-state index contributed by atoms with van der Waals surface area (Å²) in [5.74, 6) is -0.300. The SMILES string of the molecule is NCc1ccnn1-c1ccccc1F. The number of halogens is 1. The normalized spacial score (nSPS) is 10.4. The van der Waals surface area contributed by atoms with Gasteiger partial charge in [-0.3, -0.25) is 0 Å². The highest BCUT2D eigenvalue weighted by molar-refractivity contribution is 5.34. The predicted molar refractivity (Wildman–Crippen MR) is 51.4 cm³/mol. The van der Waals surface area contributed by atoms with E-state index in [-0.39, 0.29) is 5.82 Å². The molecule has 14 heavy (non-hydrogen) atoms. The number of nitrogens with zero attached hydrogens (tertiary/aromatic N) is 2. The molecule has 2 aromatic rings. The average molecular weight is 191 g/mol. The van der Waals surface area contributed by atoms with Gasteiger partial charge >= 0.3 is 0 Å². The molecule has 0 radical (unpaired) electrons. The van der Waals surface area contributed by atoms with E-state index in [0.29, 0.717) is 12.2 Å². The van der Waals surface area contributed by atoms with Crippen LogP contribution in [0.2, 0.25) is 0 Å². The molecule has 0 atom stereocenters. The van der Waals surface area contributed by atoms with Gasteiger partial charge in [0.2, 0.25) is 0 Å². The molecule has 4 heteroatoms. The molecule has 0 aliphatic rings. The number of nitrogens with two attached hydrogens (primary N) is 1. The fraction of sp³-hybridized carbons (Fsp3) is 0.100. The molecule has 2 N–H and O–H groups in total. The van der Waals surface area contributed by atoms with E-state index in [1.165, 1.54) is 10.7 Å². The van der Waals surface area contributed by atoms with Crippen molar-refractivity contribution in [1.82, 2.24) is 9.78 Å². The summed E-state index contributed by atoms with van der Waals surface area (Å²) in [6, 6.07) is 8.25. The highest BCUT2D eigenvalue weighted by Crippen LogP contribution is 2.13. The molecule has 1 aromatic heterocycles. The molecular formula is C10H10FN3. The van der Waals surface area contributed by atoms with Crippen LogP contribution in [-0.2, 0) is 6.54 Å². The lowest BCUT2D eigenvalue weighted by Crippen LogP contribution is -2.08. The van der Waals surface area contributed by atoms with Crippen molar-refractivity contribution in [2.24, 2.45) is 5.73 Å². The predicted octanol–water partition coefficient (Wildman–Crippen LogP) is 1.47. The zero-order chi connectivity index (χ0) is 9.97. The number of rotatable bonds is 2. The molecule has 0 unspecified atom stereocenters. The summed E-state index contributed by atoms with van der Waals surface area (Å²) < 4.78 is 14.9. The molecule has 0 saturated carbocycles. The van der Waals surface area contributed by atoms with E-state index < -0.39 is 0 Å². The molecule has 0 saturated heterocycles. The van der Waals surface area contributed by atoms with E-state index in [9.17, 15) is 4.39 Å². The molecule has 0 aliphatic heterocycles. The van der Waals surface area contributed by atoms with Crippen molar-refractivity contribution in [2.45, 2.75) is 6.54 Å². The van der Waals surface area contributed by atoms with Crippen LogP contribution in [-0.4, -0.2) is 9.78 Å². The monoisotopic (exact) mass is 191 g/mol. The fourth-order valence-corrected chi connectivity index (χ4v) is 1.33. The standard InChI is InChI=1S/C10H10FN3/c11-9-3-1-2-4-10(9)14-8(7-12)5-6-13-14/h1-6H,7,12H2. The van der Waals surface area contributed by atoms with Gasteiger partial charge in [-0.15, -0.1) is 0 Å². The van der Waals surface area contributed by atoms with Crippen LogP contribution in [0.4, 0.5) is 4.39 Å². The zero-order valence-electron chi connectivity index (χ0n) is 7.52. The third-order valence-corrected chi connectivity index (χ3v) is 2.01. The summed E-state index contributed by atoms with van der Waals surface area (Å²) in [5, 5.41) is 4.01. The maximum atomic E-state index is 13.4. The first-order valence-electron chi connectivity index (χ1n) is 4.31. The lowest BCUT2D eigenvalue weighted by Gasteiger charge is -2.06. The number of benzene rings is 1. The minimum absolute atomic E-state index is 0.300. The average Bonchev–Trinajstić information content (AvgIpc) is 2.66. The Kier molecular flexibility index (Phi) is 2.28. The largest absolute Gasteiger partial charge is 0.325 e. The molecular weight excluding hydrogens is 181 g/mol. The minimum Gasteiger partial charge on any atom is -0.325 e. The van der Waals surface area contributed by atoms with Gasteiger partial charge in [-0.2, -0.15) is 5.10 Å². The highest BCUT2D eigenvalue weighted by Gasteiger charge is 2.06.